The topological polar surface area (TPSA) is 98.3 Å². The Morgan fingerprint density at radius 2 is 1.03 bits per heavy atom. The molecule has 4 aromatic rings. The van der Waals surface area contributed by atoms with Crippen molar-refractivity contribution in [2.45, 2.75) is 26.3 Å². The third-order valence-corrected chi connectivity index (χ3v) is 4.73. The van der Waals surface area contributed by atoms with Crippen LogP contribution in [0, 0.1) is 0 Å². The fourth-order valence-corrected chi connectivity index (χ4v) is 3.16. The van der Waals surface area contributed by atoms with Gasteiger partial charge in [-0.05, 0) is 24.3 Å². The molecule has 1 aliphatic heterocycles. The van der Waals surface area contributed by atoms with E-state index >= 15 is 0 Å². The Labute approximate surface area is 184 Å². The average Bonchev–Trinajstić information content (AvgIpc) is 3.46. The van der Waals surface area contributed by atoms with Crippen LogP contribution in [0.3, 0.4) is 0 Å². The number of rotatable bonds is 0. The van der Waals surface area contributed by atoms with E-state index in [1.165, 1.54) is 0 Å². The summed E-state index contributed by atoms with van der Waals surface area (Å²) < 4.78 is 26.8. The van der Waals surface area contributed by atoms with Crippen molar-refractivity contribution >= 4 is 0 Å². The summed E-state index contributed by atoms with van der Waals surface area (Å²) in [5.74, 6) is 2.83. The predicted octanol–water partition coefficient (Wildman–Crippen LogP) is 2.50. The highest BCUT2D eigenvalue weighted by atomic mass is 16.5. The molecule has 0 saturated carbocycles. The maximum absolute atomic E-state index is 5.84. The standard InChI is InChI=1S/C22H22N6O4/c1-3-19-11-20(4-1)30-10-8-28-14-18(24-26-28)16-32-22-6-2-5-21(12-22)31-15-17-13-27(25-23-17)7-9-29-19/h1-6,11-14H,7-10,15-16H2. The van der Waals surface area contributed by atoms with Crippen molar-refractivity contribution in [3.05, 3.63) is 72.3 Å². The monoisotopic (exact) mass is 434 g/mol. The first-order valence-corrected chi connectivity index (χ1v) is 10.3. The van der Waals surface area contributed by atoms with Gasteiger partial charge in [-0.2, -0.15) is 0 Å². The number of nitrogens with zero attached hydrogens (tertiary/aromatic N) is 6. The first kappa shape index (κ1) is 19.9. The number of aromatic nitrogens is 6. The molecular formula is C22H22N6O4. The number of hydrogen-bond donors (Lipinski definition) is 0. The van der Waals surface area contributed by atoms with Gasteiger partial charge in [0, 0.05) is 12.1 Å². The fourth-order valence-electron chi connectivity index (χ4n) is 3.16. The zero-order chi connectivity index (χ0) is 21.6. The summed E-state index contributed by atoms with van der Waals surface area (Å²) in [6.45, 7) is 2.64. The van der Waals surface area contributed by atoms with Gasteiger partial charge in [-0.1, -0.05) is 22.6 Å². The van der Waals surface area contributed by atoms with E-state index in [2.05, 4.69) is 20.6 Å². The third-order valence-electron chi connectivity index (χ3n) is 4.73. The molecule has 0 saturated heterocycles. The predicted molar refractivity (Wildman–Crippen MR) is 113 cm³/mol. The Bertz CT molecular complexity index is 1090. The maximum Gasteiger partial charge on any atom is 0.134 e. The van der Waals surface area contributed by atoms with Crippen LogP contribution in [-0.2, 0) is 26.3 Å². The Morgan fingerprint density at radius 3 is 1.50 bits per heavy atom. The average molecular weight is 434 g/mol. The van der Waals surface area contributed by atoms with Crippen molar-refractivity contribution < 1.29 is 18.9 Å². The van der Waals surface area contributed by atoms with Gasteiger partial charge >= 0.3 is 0 Å². The Balaban J connectivity index is 1.32. The molecule has 3 heterocycles. The van der Waals surface area contributed by atoms with Crippen molar-refractivity contribution in [2.24, 2.45) is 0 Å². The minimum atomic E-state index is 0.304. The van der Waals surface area contributed by atoms with E-state index in [4.69, 9.17) is 18.9 Å². The van der Waals surface area contributed by atoms with Crippen molar-refractivity contribution in [3.63, 3.8) is 0 Å². The highest BCUT2D eigenvalue weighted by Crippen LogP contribution is 2.22. The Morgan fingerprint density at radius 1 is 0.594 bits per heavy atom. The number of fused-ring (bicyclic) bond motifs is 8. The highest BCUT2D eigenvalue weighted by molar-refractivity contribution is 5.33. The minimum absolute atomic E-state index is 0.304. The molecule has 0 atom stereocenters. The number of benzene rings is 2. The van der Waals surface area contributed by atoms with E-state index in [-0.39, 0.29) is 0 Å². The second-order valence-corrected chi connectivity index (χ2v) is 7.17. The summed E-state index contributed by atoms with van der Waals surface area (Å²) in [6, 6.07) is 15.0. The van der Waals surface area contributed by atoms with Crippen LogP contribution in [0.5, 0.6) is 23.0 Å². The minimum Gasteiger partial charge on any atom is -0.492 e. The van der Waals surface area contributed by atoms with Crippen LogP contribution in [0.25, 0.3) is 0 Å². The van der Waals surface area contributed by atoms with Gasteiger partial charge in [0.15, 0.2) is 0 Å². The van der Waals surface area contributed by atoms with Crippen LogP contribution in [0.1, 0.15) is 11.4 Å². The van der Waals surface area contributed by atoms with E-state index in [1.54, 1.807) is 9.36 Å². The molecule has 0 fully saturated rings. The summed E-state index contributed by atoms with van der Waals surface area (Å²) in [4.78, 5) is 0. The summed E-state index contributed by atoms with van der Waals surface area (Å²) in [6.07, 6.45) is 3.69. The van der Waals surface area contributed by atoms with Crippen LogP contribution < -0.4 is 18.9 Å². The van der Waals surface area contributed by atoms with Crippen LogP contribution in [0.4, 0.5) is 0 Å². The molecule has 10 nitrogen and oxygen atoms in total. The zero-order valence-electron chi connectivity index (χ0n) is 17.3. The van der Waals surface area contributed by atoms with Gasteiger partial charge in [0.2, 0.25) is 0 Å². The SMILES string of the molecule is c1cc2cc(c1)OCCn1cc(nn1)COc1cccc(c1)OCc1cn(nn1)CCO2. The lowest BCUT2D eigenvalue weighted by molar-refractivity contribution is 0.276. The van der Waals surface area contributed by atoms with Crippen molar-refractivity contribution in [2.75, 3.05) is 13.2 Å². The third kappa shape index (κ3) is 5.15. The molecule has 32 heavy (non-hydrogen) atoms. The van der Waals surface area contributed by atoms with E-state index in [0.29, 0.717) is 51.0 Å². The molecule has 2 aromatic heterocycles. The van der Waals surface area contributed by atoms with Crippen molar-refractivity contribution in [1.29, 1.82) is 0 Å². The van der Waals surface area contributed by atoms with Crippen LogP contribution >= 0.6 is 0 Å². The van der Waals surface area contributed by atoms with E-state index in [1.807, 2.05) is 60.9 Å². The first-order valence-electron chi connectivity index (χ1n) is 10.3. The second-order valence-electron chi connectivity index (χ2n) is 7.17. The van der Waals surface area contributed by atoms with E-state index in [0.717, 1.165) is 22.9 Å². The lowest BCUT2D eigenvalue weighted by Crippen LogP contribution is -2.10. The molecule has 2 aromatic carbocycles. The molecule has 164 valence electrons. The zero-order valence-corrected chi connectivity index (χ0v) is 17.3. The molecule has 0 radical (unpaired) electrons. The largest absolute Gasteiger partial charge is 0.492 e. The smallest absolute Gasteiger partial charge is 0.134 e. The molecule has 0 spiro atoms. The lowest BCUT2D eigenvalue weighted by atomic mass is 10.3. The molecule has 10 heteroatoms. The molecule has 0 N–H and O–H groups in total. The van der Waals surface area contributed by atoms with Gasteiger partial charge in [-0.15, -0.1) is 10.2 Å². The van der Waals surface area contributed by atoms with Gasteiger partial charge in [-0.3, -0.25) is 0 Å². The summed E-state index contributed by atoms with van der Waals surface area (Å²) in [5, 5.41) is 16.6. The quantitative estimate of drug-likeness (QED) is 0.416. The van der Waals surface area contributed by atoms with Crippen LogP contribution in [0.15, 0.2) is 60.9 Å². The molecule has 0 amide bonds. The van der Waals surface area contributed by atoms with Crippen LogP contribution in [0.2, 0.25) is 0 Å². The van der Waals surface area contributed by atoms with Gasteiger partial charge in [-0.25, -0.2) is 9.36 Å². The molecule has 1 aliphatic rings. The normalized spacial score (nSPS) is 14.5. The van der Waals surface area contributed by atoms with Gasteiger partial charge in [0.25, 0.3) is 0 Å². The van der Waals surface area contributed by atoms with Crippen molar-refractivity contribution in [3.8, 4) is 23.0 Å². The first-order chi connectivity index (χ1) is 15.8. The Hall–Kier alpha value is -4.08. The Kier molecular flexibility index (Phi) is 5.82. The van der Waals surface area contributed by atoms with Gasteiger partial charge < -0.3 is 18.9 Å². The van der Waals surface area contributed by atoms with E-state index < -0.39 is 0 Å². The second kappa shape index (κ2) is 9.38. The number of ether oxygens (including phenoxy) is 4. The summed E-state index contributed by atoms with van der Waals surface area (Å²) >= 11 is 0. The molecule has 5 rings (SSSR count). The molecule has 0 aliphatic carbocycles. The fraction of sp³-hybridized carbons (Fsp3) is 0.273. The van der Waals surface area contributed by atoms with Crippen LogP contribution in [-0.4, -0.2) is 43.2 Å². The molecular weight excluding hydrogens is 412 g/mol. The summed E-state index contributed by atoms with van der Waals surface area (Å²) in [5.41, 5.74) is 1.45. The maximum atomic E-state index is 5.84. The lowest BCUT2D eigenvalue weighted by Gasteiger charge is -2.10. The van der Waals surface area contributed by atoms with Crippen molar-refractivity contribution in [1.82, 2.24) is 30.0 Å². The number of hydrogen-bond acceptors (Lipinski definition) is 8. The van der Waals surface area contributed by atoms with Gasteiger partial charge in [0.1, 0.15) is 60.8 Å². The molecule has 0 unspecified atom stereocenters. The van der Waals surface area contributed by atoms with E-state index in [9.17, 15) is 0 Å². The molecule has 8 bridgehead atoms. The van der Waals surface area contributed by atoms with Gasteiger partial charge in [0.05, 0.1) is 25.5 Å². The summed E-state index contributed by atoms with van der Waals surface area (Å²) in [7, 11) is 0. The highest BCUT2D eigenvalue weighted by Gasteiger charge is 2.07.